The van der Waals surface area contributed by atoms with Gasteiger partial charge in [-0.3, -0.25) is 0 Å². The average molecular weight is 247 g/mol. The Labute approximate surface area is 108 Å². The highest BCUT2D eigenvalue weighted by atomic mass is 16.5. The van der Waals surface area contributed by atoms with E-state index in [9.17, 15) is 0 Å². The molecule has 0 bridgehead atoms. The van der Waals surface area contributed by atoms with Crippen molar-refractivity contribution in [1.29, 1.82) is 0 Å². The maximum Gasteiger partial charge on any atom is 0.134 e. The lowest BCUT2D eigenvalue weighted by atomic mass is 9.99. The van der Waals surface area contributed by atoms with Gasteiger partial charge in [-0.25, -0.2) is 0 Å². The molecule has 0 aliphatic carbocycles. The highest BCUT2D eigenvalue weighted by Gasteiger charge is 2.16. The van der Waals surface area contributed by atoms with E-state index >= 15 is 0 Å². The van der Waals surface area contributed by atoms with Gasteiger partial charge in [-0.15, -0.1) is 0 Å². The van der Waals surface area contributed by atoms with Crippen LogP contribution >= 0.6 is 0 Å². The Bertz CT molecular complexity index is 529. The van der Waals surface area contributed by atoms with Crippen LogP contribution in [0.3, 0.4) is 0 Å². The van der Waals surface area contributed by atoms with Crippen molar-refractivity contribution in [1.82, 2.24) is 0 Å². The smallest absolute Gasteiger partial charge is 0.134 e. The lowest BCUT2D eigenvalue weighted by Crippen LogP contribution is -1.99. The van der Waals surface area contributed by atoms with Gasteiger partial charge in [0.1, 0.15) is 17.1 Å². The summed E-state index contributed by atoms with van der Waals surface area (Å²) in [5.41, 5.74) is 7.84. The molecule has 1 aromatic heterocycles. The molecule has 1 aromatic carbocycles. The van der Waals surface area contributed by atoms with Gasteiger partial charge in [0.05, 0.1) is 13.2 Å². The highest BCUT2D eigenvalue weighted by molar-refractivity contribution is 5.84. The fourth-order valence-electron chi connectivity index (χ4n) is 2.24. The minimum absolute atomic E-state index is 0.395. The SMILES string of the molecule is CCCOc1ccc2oc(CN)c(C(C)C)c2c1. The van der Waals surface area contributed by atoms with Gasteiger partial charge in [0.25, 0.3) is 0 Å². The Hall–Kier alpha value is -1.48. The maximum absolute atomic E-state index is 5.79. The largest absolute Gasteiger partial charge is 0.494 e. The van der Waals surface area contributed by atoms with Gasteiger partial charge in [-0.05, 0) is 30.5 Å². The van der Waals surface area contributed by atoms with Crippen LogP contribution in [0.2, 0.25) is 0 Å². The normalized spacial score (nSPS) is 11.4. The van der Waals surface area contributed by atoms with Gasteiger partial charge in [-0.1, -0.05) is 20.8 Å². The minimum Gasteiger partial charge on any atom is -0.494 e. The number of furan rings is 1. The molecule has 0 atom stereocenters. The van der Waals surface area contributed by atoms with Crippen molar-refractivity contribution in [2.45, 2.75) is 39.7 Å². The highest BCUT2D eigenvalue weighted by Crippen LogP contribution is 2.33. The van der Waals surface area contributed by atoms with E-state index in [-0.39, 0.29) is 0 Å². The van der Waals surface area contributed by atoms with E-state index in [2.05, 4.69) is 26.8 Å². The standard InChI is InChI=1S/C15H21NO2/c1-4-7-17-11-5-6-13-12(8-11)15(10(2)3)14(9-16)18-13/h5-6,8,10H,4,7,9,16H2,1-3H3. The second-order valence-corrected chi connectivity index (χ2v) is 4.80. The van der Waals surface area contributed by atoms with E-state index < -0.39 is 0 Å². The van der Waals surface area contributed by atoms with Crippen LogP contribution in [0, 0.1) is 0 Å². The van der Waals surface area contributed by atoms with Gasteiger partial charge < -0.3 is 14.9 Å². The Balaban J connectivity index is 2.49. The van der Waals surface area contributed by atoms with Gasteiger partial charge in [0.15, 0.2) is 0 Å². The summed E-state index contributed by atoms with van der Waals surface area (Å²) < 4.78 is 11.5. The number of hydrogen-bond donors (Lipinski definition) is 1. The number of benzene rings is 1. The van der Waals surface area contributed by atoms with Crippen LogP contribution in [0.5, 0.6) is 5.75 Å². The minimum atomic E-state index is 0.395. The molecule has 2 aromatic rings. The second-order valence-electron chi connectivity index (χ2n) is 4.80. The van der Waals surface area contributed by atoms with Crippen LogP contribution in [0.4, 0.5) is 0 Å². The van der Waals surface area contributed by atoms with Crippen molar-refractivity contribution in [3.63, 3.8) is 0 Å². The van der Waals surface area contributed by atoms with Crippen molar-refractivity contribution < 1.29 is 9.15 Å². The molecule has 0 aliphatic heterocycles. The molecule has 3 heteroatoms. The summed E-state index contributed by atoms with van der Waals surface area (Å²) >= 11 is 0. The van der Waals surface area contributed by atoms with Gasteiger partial charge in [-0.2, -0.15) is 0 Å². The zero-order valence-corrected chi connectivity index (χ0v) is 11.3. The number of fused-ring (bicyclic) bond motifs is 1. The Morgan fingerprint density at radius 3 is 2.72 bits per heavy atom. The number of ether oxygens (including phenoxy) is 1. The van der Waals surface area contributed by atoms with Crippen LogP contribution in [0.25, 0.3) is 11.0 Å². The van der Waals surface area contributed by atoms with Crippen LogP contribution in [-0.4, -0.2) is 6.61 Å². The van der Waals surface area contributed by atoms with Crippen molar-refractivity contribution in [3.05, 3.63) is 29.5 Å². The van der Waals surface area contributed by atoms with Gasteiger partial charge in [0, 0.05) is 10.9 Å². The molecule has 98 valence electrons. The van der Waals surface area contributed by atoms with Crippen LogP contribution < -0.4 is 10.5 Å². The molecule has 0 spiro atoms. The van der Waals surface area contributed by atoms with Crippen LogP contribution in [0.15, 0.2) is 22.6 Å². The quantitative estimate of drug-likeness (QED) is 0.874. The molecule has 0 radical (unpaired) electrons. The predicted octanol–water partition coefficient (Wildman–Crippen LogP) is 3.80. The first-order valence-electron chi connectivity index (χ1n) is 6.55. The molecule has 0 saturated carbocycles. The number of hydrogen-bond acceptors (Lipinski definition) is 3. The molecule has 1 heterocycles. The van der Waals surface area contributed by atoms with E-state index in [1.165, 1.54) is 5.56 Å². The lowest BCUT2D eigenvalue weighted by Gasteiger charge is -2.07. The summed E-state index contributed by atoms with van der Waals surface area (Å²) in [6, 6.07) is 5.97. The molecule has 2 rings (SSSR count). The topological polar surface area (TPSA) is 48.4 Å². The van der Waals surface area contributed by atoms with Crippen molar-refractivity contribution >= 4 is 11.0 Å². The zero-order chi connectivity index (χ0) is 13.1. The summed E-state index contributed by atoms with van der Waals surface area (Å²) in [7, 11) is 0. The Kier molecular flexibility index (Phi) is 3.92. The molecule has 3 nitrogen and oxygen atoms in total. The molecular formula is C15H21NO2. The predicted molar refractivity (Wildman–Crippen MR) is 74.0 cm³/mol. The maximum atomic E-state index is 5.79. The molecular weight excluding hydrogens is 226 g/mol. The van der Waals surface area contributed by atoms with Crippen molar-refractivity contribution in [2.24, 2.45) is 5.73 Å². The van der Waals surface area contributed by atoms with E-state index in [1.807, 2.05) is 12.1 Å². The first-order valence-corrected chi connectivity index (χ1v) is 6.55. The first kappa shape index (κ1) is 13.0. The fourth-order valence-corrected chi connectivity index (χ4v) is 2.24. The van der Waals surface area contributed by atoms with E-state index in [4.69, 9.17) is 14.9 Å². The van der Waals surface area contributed by atoms with Crippen LogP contribution in [-0.2, 0) is 6.54 Å². The zero-order valence-electron chi connectivity index (χ0n) is 11.3. The van der Waals surface area contributed by atoms with Crippen molar-refractivity contribution in [2.75, 3.05) is 6.61 Å². The summed E-state index contributed by atoms with van der Waals surface area (Å²) in [6.45, 7) is 7.59. The summed E-state index contributed by atoms with van der Waals surface area (Å²) in [6.07, 6.45) is 1.01. The molecule has 0 saturated heterocycles. The second kappa shape index (κ2) is 5.44. The van der Waals surface area contributed by atoms with E-state index in [0.29, 0.717) is 12.5 Å². The average Bonchev–Trinajstić information content (AvgIpc) is 2.73. The first-order chi connectivity index (χ1) is 8.67. The summed E-state index contributed by atoms with van der Waals surface area (Å²) in [5, 5.41) is 1.12. The fraction of sp³-hybridized carbons (Fsp3) is 0.467. The Morgan fingerprint density at radius 1 is 1.33 bits per heavy atom. The molecule has 18 heavy (non-hydrogen) atoms. The van der Waals surface area contributed by atoms with Crippen molar-refractivity contribution in [3.8, 4) is 5.75 Å². The Morgan fingerprint density at radius 2 is 2.11 bits per heavy atom. The molecule has 2 N–H and O–H groups in total. The molecule has 0 unspecified atom stereocenters. The molecule has 0 amide bonds. The summed E-state index contributed by atoms with van der Waals surface area (Å²) in [5.74, 6) is 2.18. The number of rotatable bonds is 5. The number of nitrogens with two attached hydrogens (primary N) is 1. The van der Waals surface area contributed by atoms with Gasteiger partial charge >= 0.3 is 0 Å². The van der Waals surface area contributed by atoms with E-state index in [0.717, 1.165) is 35.5 Å². The van der Waals surface area contributed by atoms with Crippen LogP contribution in [0.1, 0.15) is 44.4 Å². The monoisotopic (exact) mass is 247 g/mol. The summed E-state index contributed by atoms with van der Waals surface area (Å²) in [4.78, 5) is 0. The van der Waals surface area contributed by atoms with E-state index in [1.54, 1.807) is 0 Å². The molecule has 0 fully saturated rings. The third-order valence-corrected chi connectivity index (χ3v) is 3.01. The molecule has 0 aliphatic rings. The van der Waals surface area contributed by atoms with Gasteiger partial charge in [0.2, 0.25) is 0 Å². The third kappa shape index (κ3) is 2.36. The third-order valence-electron chi connectivity index (χ3n) is 3.01. The lowest BCUT2D eigenvalue weighted by molar-refractivity contribution is 0.318.